The van der Waals surface area contributed by atoms with Gasteiger partial charge in [0.05, 0.1) is 0 Å². The van der Waals surface area contributed by atoms with Crippen molar-refractivity contribution in [2.45, 2.75) is 33.1 Å². The summed E-state index contributed by atoms with van der Waals surface area (Å²) >= 11 is 1.93. The van der Waals surface area contributed by atoms with Crippen molar-refractivity contribution >= 4 is 17.6 Å². The molecule has 0 aliphatic heterocycles. The molecule has 1 nitrogen and oxygen atoms in total. The number of rotatable bonds is 1. The lowest BCUT2D eigenvalue weighted by molar-refractivity contribution is 0.414. The highest BCUT2D eigenvalue weighted by Gasteiger charge is 2.28. The Bertz CT molecular complexity index is 340. The van der Waals surface area contributed by atoms with E-state index in [1.165, 1.54) is 16.9 Å². The fraction of sp³-hybridized carbons (Fsp3) is 0.545. The maximum atomic E-state index is 7.42. The van der Waals surface area contributed by atoms with Crippen LogP contribution in [-0.4, -0.2) is 6.21 Å². The second-order valence-corrected chi connectivity index (χ2v) is 5.62. The third kappa shape index (κ3) is 1.55. The van der Waals surface area contributed by atoms with Crippen LogP contribution in [0.5, 0.6) is 0 Å². The van der Waals surface area contributed by atoms with Gasteiger partial charge in [0.15, 0.2) is 0 Å². The van der Waals surface area contributed by atoms with Gasteiger partial charge in [-0.3, -0.25) is 0 Å². The van der Waals surface area contributed by atoms with Gasteiger partial charge in [0, 0.05) is 21.4 Å². The van der Waals surface area contributed by atoms with Gasteiger partial charge in [-0.15, -0.1) is 11.3 Å². The SMILES string of the molecule is Cc1cc2c(s1)CCC(C)(C=N)C2. The Balaban J connectivity index is 2.33. The van der Waals surface area contributed by atoms with Crippen LogP contribution in [-0.2, 0) is 12.8 Å². The topological polar surface area (TPSA) is 23.9 Å². The molecule has 2 heteroatoms. The molecule has 2 rings (SSSR count). The van der Waals surface area contributed by atoms with Crippen LogP contribution in [0.15, 0.2) is 6.07 Å². The second kappa shape index (κ2) is 2.95. The summed E-state index contributed by atoms with van der Waals surface area (Å²) in [6.45, 7) is 4.36. The number of fused-ring (bicyclic) bond motifs is 1. The first-order valence-corrected chi connectivity index (χ1v) is 5.54. The van der Waals surface area contributed by atoms with Crippen molar-refractivity contribution in [2.24, 2.45) is 5.41 Å². The van der Waals surface area contributed by atoms with Crippen LogP contribution in [0.1, 0.15) is 28.7 Å². The summed E-state index contributed by atoms with van der Waals surface area (Å²) in [6, 6.07) is 2.29. The molecule has 0 aromatic carbocycles. The quantitative estimate of drug-likeness (QED) is 0.662. The van der Waals surface area contributed by atoms with Gasteiger partial charge in [0.2, 0.25) is 0 Å². The first-order valence-electron chi connectivity index (χ1n) is 4.73. The van der Waals surface area contributed by atoms with Crippen molar-refractivity contribution in [1.82, 2.24) is 0 Å². The average molecular weight is 193 g/mol. The molecule has 0 saturated carbocycles. The minimum absolute atomic E-state index is 0.126. The summed E-state index contributed by atoms with van der Waals surface area (Å²) in [4.78, 5) is 2.97. The van der Waals surface area contributed by atoms with Crippen molar-refractivity contribution < 1.29 is 0 Å². The van der Waals surface area contributed by atoms with Gasteiger partial charge >= 0.3 is 0 Å². The molecule has 1 atom stereocenters. The molecular weight excluding hydrogens is 178 g/mol. The zero-order chi connectivity index (χ0) is 9.47. The molecule has 1 aromatic heterocycles. The van der Waals surface area contributed by atoms with Gasteiger partial charge in [-0.05, 0) is 37.8 Å². The highest BCUT2D eigenvalue weighted by Crippen LogP contribution is 2.37. The lowest BCUT2D eigenvalue weighted by Gasteiger charge is -2.29. The summed E-state index contributed by atoms with van der Waals surface area (Å²) in [5.41, 5.74) is 1.61. The number of aryl methyl sites for hydroxylation is 2. The van der Waals surface area contributed by atoms with Gasteiger partial charge in [-0.25, -0.2) is 0 Å². The zero-order valence-electron chi connectivity index (χ0n) is 8.18. The fourth-order valence-electron chi connectivity index (χ4n) is 2.02. The largest absolute Gasteiger partial charge is 0.313 e. The summed E-state index contributed by atoms with van der Waals surface area (Å²) < 4.78 is 0. The van der Waals surface area contributed by atoms with Crippen molar-refractivity contribution in [1.29, 1.82) is 5.41 Å². The van der Waals surface area contributed by atoms with E-state index in [0.29, 0.717) is 0 Å². The van der Waals surface area contributed by atoms with Crippen LogP contribution in [0.2, 0.25) is 0 Å². The van der Waals surface area contributed by atoms with Gasteiger partial charge in [0.25, 0.3) is 0 Å². The van der Waals surface area contributed by atoms with E-state index in [1.807, 2.05) is 11.3 Å². The molecule has 1 aromatic rings. The molecule has 1 aliphatic carbocycles. The Morgan fingerprint density at radius 1 is 1.62 bits per heavy atom. The summed E-state index contributed by atoms with van der Waals surface area (Å²) in [7, 11) is 0. The van der Waals surface area contributed by atoms with E-state index in [0.717, 1.165) is 12.8 Å². The monoisotopic (exact) mass is 193 g/mol. The third-order valence-electron chi connectivity index (χ3n) is 2.89. The van der Waals surface area contributed by atoms with E-state index in [9.17, 15) is 0 Å². The minimum atomic E-state index is 0.126. The van der Waals surface area contributed by atoms with Crippen LogP contribution < -0.4 is 0 Å². The molecule has 13 heavy (non-hydrogen) atoms. The summed E-state index contributed by atoms with van der Waals surface area (Å²) in [6.07, 6.45) is 5.00. The predicted molar refractivity (Wildman–Crippen MR) is 58.0 cm³/mol. The molecule has 1 N–H and O–H groups in total. The number of hydrogen-bond donors (Lipinski definition) is 1. The normalized spacial score (nSPS) is 26.9. The Morgan fingerprint density at radius 2 is 2.38 bits per heavy atom. The van der Waals surface area contributed by atoms with Gasteiger partial charge in [-0.2, -0.15) is 0 Å². The van der Waals surface area contributed by atoms with Crippen molar-refractivity contribution in [2.75, 3.05) is 0 Å². The maximum absolute atomic E-state index is 7.42. The molecule has 0 amide bonds. The first-order chi connectivity index (χ1) is 6.13. The molecule has 0 spiro atoms. The van der Waals surface area contributed by atoms with E-state index in [1.54, 1.807) is 11.1 Å². The first kappa shape index (κ1) is 8.95. The molecule has 0 radical (unpaired) electrons. The average Bonchev–Trinajstić information content (AvgIpc) is 2.44. The maximum Gasteiger partial charge on any atom is 0.00807 e. The lowest BCUT2D eigenvalue weighted by Crippen LogP contribution is -2.25. The third-order valence-corrected chi connectivity index (χ3v) is 4.04. The molecule has 0 bridgehead atoms. The second-order valence-electron chi connectivity index (χ2n) is 4.28. The molecular formula is C11H15NS. The van der Waals surface area contributed by atoms with Crippen molar-refractivity contribution in [3.8, 4) is 0 Å². The summed E-state index contributed by atoms with van der Waals surface area (Å²) in [5, 5.41) is 7.42. The smallest absolute Gasteiger partial charge is 0.00807 e. The van der Waals surface area contributed by atoms with Crippen LogP contribution in [0.3, 0.4) is 0 Å². The van der Waals surface area contributed by atoms with Crippen LogP contribution in [0, 0.1) is 17.7 Å². The van der Waals surface area contributed by atoms with Gasteiger partial charge in [-0.1, -0.05) is 6.92 Å². The standard InChI is InChI=1S/C11H15NS/c1-8-5-9-6-11(2,7-12)4-3-10(9)13-8/h5,7,12H,3-4,6H2,1-2H3. The zero-order valence-corrected chi connectivity index (χ0v) is 9.00. The van der Waals surface area contributed by atoms with E-state index >= 15 is 0 Å². The Hall–Kier alpha value is -0.630. The molecule has 1 aliphatic rings. The minimum Gasteiger partial charge on any atom is -0.313 e. The van der Waals surface area contributed by atoms with Crippen molar-refractivity contribution in [3.05, 3.63) is 21.4 Å². The van der Waals surface area contributed by atoms with Crippen LogP contribution >= 0.6 is 11.3 Å². The predicted octanol–water partition coefficient (Wildman–Crippen LogP) is 3.20. The lowest BCUT2D eigenvalue weighted by atomic mass is 9.76. The number of nitrogens with one attached hydrogen (secondary N) is 1. The molecule has 0 fully saturated rings. The number of hydrogen-bond acceptors (Lipinski definition) is 2. The van der Waals surface area contributed by atoms with Gasteiger partial charge in [0.1, 0.15) is 0 Å². The molecule has 0 saturated heterocycles. The number of thiophene rings is 1. The van der Waals surface area contributed by atoms with E-state index in [-0.39, 0.29) is 5.41 Å². The Kier molecular flexibility index (Phi) is 2.03. The van der Waals surface area contributed by atoms with E-state index < -0.39 is 0 Å². The Labute approximate surface area is 83.3 Å². The highest BCUT2D eigenvalue weighted by molar-refractivity contribution is 7.12. The van der Waals surface area contributed by atoms with Crippen LogP contribution in [0.4, 0.5) is 0 Å². The van der Waals surface area contributed by atoms with E-state index in [2.05, 4.69) is 19.9 Å². The van der Waals surface area contributed by atoms with Crippen LogP contribution in [0.25, 0.3) is 0 Å². The summed E-state index contributed by atoms with van der Waals surface area (Å²) in [5.74, 6) is 0. The molecule has 1 unspecified atom stereocenters. The molecule has 1 heterocycles. The van der Waals surface area contributed by atoms with Crippen molar-refractivity contribution in [3.63, 3.8) is 0 Å². The fourth-order valence-corrected chi connectivity index (χ4v) is 3.08. The highest BCUT2D eigenvalue weighted by atomic mass is 32.1. The van der Waals surface area contributed by atoms with Gasteiger partial charge < -0.3 is 5.41 Å². The molecule has 70 valence electrons. The van der Waals surface area contributed by atoms with E-state index in [4.69, 9.17) is 5.41 Å². The Morgan fingerprint density at radius 3 is 3.08 bits per heavy atom.